The zero-order valence-corrected chi connectivity index (χ0v) is 12.6. The van der Waals surface area contributed by atoms with Gasteiger partial charge in [-0.2, -0.15) is 0 Å². The van der Waals surface area contributed by atoms with Crippen LogP contribution < -0.4 is 10.5 Å². The first-order chi connectivity index (χ1) is 9.38. The number of hydrogen-bond donors (Lipinski definition) is 2. The van der Waals surface area contributed by atoms with Gasteiger partial charge >= 0.3 is 0 Å². The van der Waals surface area contributed by atoms with Crippen LogP contribution in [0.4, 0.5) is 5.82 Å². The van der Waals surface area contributed by atoms with Crippen molar-refractivity contribution in [1.29, 1.82) is 0 Å². The molecule has 1 aliphatic rings. The average Bonchev–Trinajstić information content (AvgIpc) is 2.40. The number of rotatable bonds is 4. The molecule has 1 saturated heterocycles. The molecule has 20 heavy (non-hydrogen) atoms. The van der Waals surface area contributed by atoms with Gasteiger partial charge in [-0.3, -0.25) is 4.90 Å². The Morgan fingerprint density at radius 2 is 2.15 bits per heavy atom. The summed E-state index contributed by atoms with van der Waals surface area (Å²) in [6.45, 7) is 3.17. The molecular formula is C12H21N5O2S. The summed E-state index contributed by atoms with van der Waals surface area (Å²) in [5.74, 6) is 0.303. The fourth-order valence-electron chi connectivity index (χ4n) is 2.16. The van der Waals surface area contributed by atoms with Crippen molar-refractivity contribution in [3.8, 4) is 0 Å². The smallest absolute Gasteiger partial charge is 0.242 e. The molecule has 8 heteroatoms. The number of pyridine rings is 1. The highest BCUT2D eigenvalue weighted by atomic mass is 32.2. The van der Waals surface area contributed by atoms with Crippen molar-refractivity contribution in [2.24, 2.45) is 0 Å². The Morgan fingerprint density at radius 1 is 1.40 bits per heavy atom. The van der Waals surface area contributed by atoms with Gasteiger partial charge in [0, 0.05) is 38.4 Å². The minimum absolute atomic E-state index is 0.138. The van der Waals surface area contributed by atoms with E-state index in [4.69, 9.17) is 5.73 Å². The minimum atomic E-state index is -3.53. The van der Waals surface area contributed by atoms with Gasteiger partial charge in [0.05, 0.1) is 0 Å². The minimum Gasteiger partial charge on any atom is -0.384 e. The maximum absolute atomic E-state index is 12.2. The summed E-state index contributed by atoms with van der Waals surface area (Å²) in [4.78, 5) is 8.31. The van der Waals surface area contributed by atoms with Gasteiger partial charge in [0.25, 0.3) is 0 Å². The quantitative estimate of drug-likeness (QED) is 0.755. The zero-order valence-electron chi connectivity index (χ0n) is 11.8. The van der Waals surface area contributed by atoms with Gasteiger partial charge in [0.2, 0.25) is 10.0 Å². The monoisotopic (exact) mass is 299 g/mol. The Hall–Kier alpha value is -1.22. The number of likely N-dealkylation sites (N-methyl/N-ethyl adjacent to an activating group) is 2. The molecule has 0 aromatic carbocycles. The second-order valence-corrected chi connectivity index (χ2v) is 6.93. The number of hydrogen-bond acceptors (Lipinski definition) is 6. The summed E-state index contributed by atoms with van der Waals surface area (Å²) >= 11 is 0. The fraction of sp³-hybridized carbons (Fsp3) is 0.583. The van der Waals surface area contributed by atoms with E-state index in [1.807, 2.05) is 14.1 Å². The zero-order chi connectivity index (χ0) is 14.8. The molecule has 2 rings (SSSR count). The summed E-state index contributed by atoms with van der Waals surface area (Å²) in [6, 6.07) is 3.11. The van der Waals surface area contributed by atoms with Crippen molar-refractivity contribution < 1.29 is 8.42 Å². The number of aromatic nitrogens is 1. The number of piperazine rings is 1. The van der Waals surface area contributed by atoms with Crippen LogP contribution >= 0.6 is 0 Å². The highest BCUT2D eigenvalue weighted by Crippen LogP contribution is 2.10. The van der Waals surface area contributed by atoms with Gasteiger partial charge in [-0.1, -0.05) is 0 Å². The van der Waals surface area contributed by atoms with Gasteiger partial charge in [0.15, 0.2) is 0 Å². The summed E-state index contributed by atoms with van der Waals surface area (Å²) < 4.78 is 26.9. The molecule has 0 radical (unpaired) electrons. The lowest BCUT2D eigenvalue weighted by Gasteiger charge is -2.37. The van der Waals surface area contributed by atoms with Crippen LogP contribution in [0.3, 0.4) is 0 Å². The largest absolute Gasteiger partial charge is 0.384 e. The van der Waals surface area contributed by atoms with E-state index in [-0.39, 0.29) is 10.9 Å². The Balaban J connectivity index is 2.00. The van der Waals surface area contributed by atoms with Gasteiger partial charge in [-0.25, -0.2) is 18.1 Å². The maximum atomic E-state index is 12.2. The van der Waals surface area contributed by atoms with Crippen molar-refractivity contribution in [3.05, 3.63) is 18.3 Å². The van der Waals surface area contributed by atoms with Crippen molar-refractivity contribution in [3.63, 3.8) is 0 Å². The molecule has 1 unspecified atom stereocenters. The first-order valence-electron chi connectivity index (χ1n) is 6.48. The van der Waals surface area contributed by atoms with Crippen molar-refractivity contribution in [1.82, 2.24) is 19.5 Å². The fourth-order valence-corrected chi connectivity index (χ4v) is 3.18. The Bertz CT molecular complexity index is 545. The molecule has 3 N–H and O–H groups in total. The van der Waals surface area contributed by atoms with E-state index in [9.17, 15) is 8.42 Å². The first-order valence-corrected chi connectivity index (χ1v) is 7.97. The van der Waals surface area contributed by atoms with Crippen molar-refractivity contribution in [2.45, 2.75) is 10.9 Å². The second-order valence-electron chi connectivity index (χ2n) is 5.17. The summed E-state index contributed by atoms with van der Waals surface area (Å²) in [6.07, 6.45) is 1.27. The number of nitrogens with zero attached hydrogens (tertiary/aromatic N) is 3. The van der Waals surface area contributed by atoms with Gasteiger partial charge in [0.1, 0.15) is 10.7 Å². The lowest BCUT2D eigenvalue weighted by atomic mass is 10.2. The van der Waals surface area contributed by atoms with Gasteiger partial charge < -0.3 is 10.6 Å². The Labute approximate surface area is 119 Å². The third kappa shape index (κ3) is 3.66. The van der Waals surface area contributed by atoms with Crippen molar-refractivity contribution >= 4 is 15.8 Å². The number of sulfonamides is 1. The number of anilines is 1. The molecule has 0 aliphatic carbocycles. The molecule has 1 aliphatic heterocycles. The van der Waals surface area contributed by atoms with Gasteiger partial charge in [-0.05, 0) is 26.2 Å². The predicted octanol–water partition coefficient (Wildman–Crippen LogP) is -0.812. The molecule has 0 spiro atoms. The van der Waals surface area contributed by atoms with Crippen LogP contribution in [0.15, 0.2) is 23.2 Å². The third-order valence-corrected chi connectivity index (χ3v) is 4.97. The molecule has 2 heterocycles. The van der Waals surface area contributed by atoms with Crippen LogP contribution in [0.25, 0.3) is 0 Å². The third-order valence-electron chi connectivity index (χ3n) is 3.56. The lowest BCUT2D eigenvalue weighted by Crippen LogP contribution is -2.54. The SMILES string of the molecule is CN1CCN(C)C(CNS(=O)(=O)c2ccc(N)nc2)C1. The lowest BCUT2D eigenvalue weighted by molar-refractivity contribution is 0.117. The van der Waals surface area contributed by atoms with E-state index < -0.39 is 10.0 Å². The molecule has 112 valence electrons. The van der Waals surface area contributed by atoms with Crippen LogP contribution in [0, 0.1) is 0 Å². The van der Waals surface area contributed by atoms with E-state index in [0.29, 0.717) is 12.4 Å². The molecule has 0 bridgehead atoms. The van der Waals surface area contributed by atoms with E-state index >= 15 is 0 Å². The van der Waals surface area contributed by atoms with Crippen LogP contribution in [0.1, 0.15) is 0 Å². The topological polar surface area (TPSA) is 91.6 Å². The second kappa shape index (κ2) is 6.04. The van der Waals surface area contributed by atoms with E-state index in [1.165, 1.54) is 18.3 Å². The summed E-state index contributed by atoms with van der Waals surface area (Å²) in [5, 5.41) is 0. The molecule has 0 amide bonds. The van der Waals surface area contributed by atoms with Crippen LogP contribution in [0.5, 0.6) is 0 Å². The first kappa shape index (κ1) is 15.2. The summed E-state index contributed by atoms with van der Waals surface area (Å²) in [5.41, 5.74) is 5.46. The molecular weight excluding hydrogens is 278 g/mol. The molecule has 1 aromatic rings. The standard InChI is InChI=1S/C12H21N5O2S/c1-16-5-6-17(2)10(9-16)7-15-20(18,19)11-3-4-12(13)14-8-11/h3-4,8,10,15H,5-7,9H2,1-2H3,(H2,13,14). The molecule has 1 aromatic heterocycles. The number of nitrogens with two attached hydrogens (primary N) is 1. The average molecular weight is 299 g/mol. The van der Waals surface area contributed by atoms with Crippen LogP contribution in [-0.4, -0.2) is 69.5 Å². The number of nitrogen functional groups attached to an aromatic ring is 1. The predicted molar refractivity (Wildman–Crippen MR) is 77.8 cm³/mol. The van der Waals surface area contributed by atoms with Crippen molar-refractivity contribution in [2.75, 3.05) is 46.0 Å². The normalized spacial score (nSPS) is 22.0. The Kier molecular flexibility index (Phi) is 4.59. The molecule has 0 saturated carbocycles. The maximum Gasteiger partial charge on any atom is 0.242 e. The van der Waals surface area contributed by atoms with Gasteiger partial charge in [-0.15, -0.1) is 0 Å². The Morgan fingerprint density at radius 3 is 2.80 bits per heavy atom. The highest BCUT2D eigenvalue weighted by Gasteiger charge is 2.24. The number of nitrogens with one attached hydrogen (secondary N) is 1. The van der Waals surface area contributed by atoms with E-state index in [2.05, 4.69) is 19.5 Å². The highest BCUT2D eigenvalue weighted by molar-refractivity contribution is 7.89. The van der Waals surface area contributed by atoms with E-state index in [0.717, 1.165) is 19.6 Å². The molecule has 7 nitrogen and oxygen atoms in total. The van der Waals surface area contributed by atoms with E-state index in [1.54, 1.807) is 0 Å². The van der Waals surface area contributed by atoms with Crippen LogP contribution in [0.2, 0.25) is 0 Å². The van der Waals surface area contributed by atoms with Crippen LogP contribution in [-0.2, 0) is 10.0 Å². The summed E-state index contributed by atoms with van der Waals surface area (Å²) in [7, 11) is 0.520. The molecule has 1 fully saturated rings. The molecule has 1 atom stereocenters.